The quantitative estimate of drug-likeness (QED) is 0.577. The third kappa shape index (κ3) is 4.14. The second-order valence-corrected chi connectivity index (χ2v) is 8.37. The summed E-state index contributed by atoms with van der Waals surface area (Å²) in [7, 11) is 3.98. The smallest absolute Gasteiger partial charge is 0.270 e. The molecule has 1 N–H and O–H groups in total. The number of fused-ring (bicyclic) bond motifs is 1. The van der Waals surface area contributed by atoms with Crippen molar-refractivity contribution in [2.75, 3.05) is 32.6 Å². The number of aromatic nitrogens is 4. The molecule has 3 aromatic heterocycles. The van der Waals surface area contributed by atoms with E-state index in [1.165, 1.54) is 0 Å². The van der Waals surface area contributed by atoms with Crippen LogP contribution in [0.1, 0.15) is 38.2 Å². The van der Waals surface area contributed by atoms with Crippen molar-refractivity contribution in [3.63, 3.8) is 0 Å². The maximum absolute atomic E-state index is 13.1. The third-order valence-electron chi connectivity index (χ3n) is 6.06. The number of hydrogen-bond donors (Lipinski definition) is 1. The standard InChI is InChI=1S/C23H27N7O2/c1-4-23(8-5-9-23)30-20-17(12-16(13-24)21(30)31)14-26-22(28-20)27-19-7-6-18(15-25-19)32-11-10-29(2)3/h6-7,12,14-15H,4-5,8-11H2,1-3H3,(H,25,26,27,28). The molecule has 1 aliphatic carbocycles. The van der Waals surface area contributed by atoms with Gasteiger partial charge in [0, 0.05) is 23.7 Å². The van der Waals surface area contributed by atoms with Crippen molar-refractivity contribution in [2.24, 2.45) is 0 Å². The van der Waals surface area contributed by atoms with Crippen LogP contribution >= 0.6 is 0 Å². The molecule has 32 heavy (non-hydrogen) atoms. The van der Waals surface area contributed by atoms with Gasteiger partial charge < -0.3 is 15.0 Å². The fourth-order valence-electron chi connectivity index (χ4n) is 4.00. The van der Waals surface area contributed by atoms with E-state index in [9.17, 15) is 10.1 Å². The van der Waals surface area contributed by atoms with Crippen molar-refractivity contribution < 1.29 is 4.74 Å². The van der Waals surface area contributed by atoms with E-state index in [1.807, 2.05) is 31.1 Å². The molecule has 0 unspecified atom stereocenters. The van der Waals surface area contributed by atoms with Crippen molar-refractivity contribution in [2.45, 2.75) is 38.1 Å². The molecule has 0 saturated heterocycles. The SMILES string of the molecule is CCC1(n2c(=O)c(C#N)cc3cnc(Nc4ccc(OCCN(C)C)cn4)nc32)CCC1. The first kappa shape index (κ1) is 21.7. The Morgan fingerprint density at radius 2 is 2.09 bits per heavy atom. The largest absolute Gasteiger partial charge is 0.491 e. The molecule has 4 rings (SSSR count). The van der Waals surface area contributed by atoms with Gasteiger partial charge in [0.1, 0.15) is 35.5 Å². The molecular weight excluding hydrogens is 406 g/mol. The van der Waals surface area contributed by atoms with Gasteiger partial charge in [-0.05, 0) is 58.0 Å². The minimum atomic E-state index is -0.294. The van der Waals surface area contributed by atoms with E-state index >= 15 is 0 Å². The molecular formula is C23H27N7O2. The van der Waals surface area contributed by atoms with Crippen molar-refractivity contribution >= 4 is 22.8 Å². The molecule has 0 aliphatic heterocycles. The van der Waals surface area contributed by atoms with Crippen LogP contribution in [0.5, 0.6) is 5.75 Å². The van der Waals surface area contributed by atoms with Gasteiger partial charge in [-0.25, -0.2) is 9.97 Å². The number of anilines is 2. The average molecular weight is 434 g/mol. The highest BCUT2D eigenvalue weighted by atomic mass is 16.5. The van der Waals surface area contributed by atoms with Gasteiger partial charge in [0.05, 0.1) is 6.20 Å². The molecule has 0 atom stereocenters. The van der Waals surface area contributed by atoms with Gasteiger partial charge in [-0.3, -0.25) is 9.36 Å². The molecule has 0 bridgehead atoms. The zero-order chi connectivity index (χ0) is 22.7. The van der Waals surface area contributed by atoms with Crippen LogP contribution in [0.15, 0.2) is 35.4 Å². The normalized spacial score (nSPS) is 14.7. The summed E-state index contributed by atoms with van der Waals surface area (Å²) in [5.41, 5.74) is 0.0748. The van der Waals surface area contributed by atoms with Gasteiger partial charge in [-0.2, -0.15) is 10.2 Å². The fourth-order valence-corrected chi connectivity index (χ4v) is 4.00. The molecule has 0 aromatic carbocycles. The van der Waals surface area contributed by atoms with Crippen LogP contribution in [0.3, 0.4) is 0 Å². The lowest BCUT2D eigenvalue weighted by molar-refractivity contribution is 0.136. The number of nitrogens with one attached hydrogen (secondary N) is 1. The van der Waals surface area contributed by atoms with Gasteiger partial charge in [-0.15, -0.1) is 0 Å². The summed E-state index contributed by atoms with van der Waals surface area (Å²) in [6, 6.07) is 7.22. The molecule has 3 heterocycles. The van der Waals surface area contributed by atoms with E-state index in [0.29, 0.717) is 35.2 Å². The van der Waals surface area contributed by atoms with Gasteiger partial charge in [-0.1, -0.05) is 6.92 Å². The number of hydrogen-bond acceptors (Lipinski definition) is 8. The number of pyridine rings is 2. The number of ether oxygens (including phenoxy) is 1. The Morgan fingerprint density at radius 1 is 1.28 bits per heavy atom. The lowest BCUT2D eigenvalue weighted by Crippen LogP contribution is -2.47. The number of nitriles is 1. The number of likely N-dealkylation sites (N-methyl/N-ethyl adjacent to an activating group) is 1. The summed E-state index contributed by atoms with van der Waals surface area (Å²) in [5, 5.41) is 13.2. The molecule has 3 aromatic rings. The predicted octanol–water partition coefficient (Wildman–Crippen LogP) is 3.03. The Balaban J connectivity index is 1.64. The number of rotatable bonds is 8. The summed E-state index contributed by atoms with van der Waals surface area (Å²) in [5.74, 6) is 1.60. The van der Waals surface area contributed by atoms with Crippen molar-refractivity contribution in [3.8, 4) is 11.8 Å². The summed E-state index contributed by atoms with van der Waals surface area (Å²) >= 11 is 0. The van der Waals surface area contributed by atoms with Gasteiger partial charge >= 0.3 is 0 Å². The third-order valence-corrected chi connectivity index (χ3v) is 6.06. The van der Waals surface area contributed by atoms with Gasteiger partial charge in [0.25, 0.3) is 5.56 Å². The Morgan fingerprint density at radius 3 is 2.69 bits per heavy atom. The molecule has 1 aliphatic rings. The van der Waals surface area contributed by atoms with Gasteiger partial charge in [0.2, 0.25) is 5.95 Å². The Bertz CT molecular complexity index is 1200. The highest BCUT2D eigenvalue weighted by Gasteiger charge is 2.39. The molecule has 0 amide bonds. The molecule has 0 radical (unpaired) electrons. The van der Waals surface area contributed by atoms with E-state index in [1.54, 1.807) is 29.1 Å². The lowest BCUT2D eigenvalue weighted by atomic mass is 9.74. The topological polar surface area (TPSA) is 109 Å². The van der Waals surface area contributed by atoms with Crippen molar-refractivity contribution in [1.29, 1.82) is 5.26 Å². The summed E-state index contributed by atoms with van der Waals surface area (Å²) in [6.07, 6.45) is 6.95. The van der Waals surface area contributed by atoms with Crippen LogP contribution in [0.4, 0.5) is 11.8 Å². The average Bonchev–Trinajstić information content (AvgIpc) is 2.75. The van der Waals surface area contributed by atoms with Crippen molar-refractivity contribution in [3.05, 3.63) is 46.5 Å². The highest BCUT2D eigenvalue weighted by Crippen LogP contribution is 2.42. The maximum atomic E-state index is 13.1. The van der Waals surface area contributed by atoms with Gasteiger partial charge in [0.15, 0.2) is 0 Å². The lowest BCUT2D eigenvalue weighted by Gasteiger charge is -2.43. The Labute approximate surface area is 186 Å². The Kier molecular flexibility index (Phi) is 6.06. The highest BCUT2D eigenvalue weighted by molar-refractivity contribution is 5.77. The minimum Gasteiger partial charge on any atom is -0.491 e. The second-order valence-electron chi connectivity index (χ2n) is 8.37. The van der Waals surface area contributed by atoms with Crippen LogP contribution in [-0.4, -0.2) is 51.7 Å². The molecule has 0 spiro atoms. The zero-order valence-electron chi connectivity index (χ0n) is 18.6. The van der Waals surface area contributed by atoms with Crippen LogP contribution < -0.4 is 15.6 Å². The van der Waals surface area contributed by atoms with Crippen LogP contribution in [-0.2, 0) is 5.54 Å². The first-order valence-corrected chi connectivity index (χ1v) is 10.8. The second kappa shape index (κ2) is 8.93. The van der Waals surface area contributed by atoms with Crippen LogP contribution in [0.2, 0.25) is 0 Å². The van der Waals surface area contributed by atoms with Crippen LogP contribution in [0, 0.1) is 11.3 Å². The molecule has 9 heteroatoms. The van der Waals surface area contributed by atoms with E-state index in [-0.39, 0.29) is 16.7 Å². The van der Waals surface area contributed by atoms with E-state index in [0.717, 1.165) is 32.2 Å². The first-order chi connectivity index (χ1) is 15.5. The minimum absolute atomic E-state index is 0.119. The van der Waals surface area contributed by atoms with E-state index in [2.05, 4.69) is 27.2 Å². The summed E-state index contributed by atoms with van der Waals surface area (Å²) in [4.78, 5) is 28.5. The maximum Gasteiger partial charge on any atom is 0.270 e. The molecule has 1 saturated carbocycles. The fraction of sp³-hybridized carbons (Fsp3) is 0.435. The Hall–Kier alpha value is -3.51. The van der Waals surface area contributed by atoms with E-state index in [4.69, 9.17) is 4.74 Å². The number of nitrogens with zero attached hydrogens (tertiary/aromatic N) is 6. The molecule has 166 valence electrons. The molecule has 9 nitrogen and oxygen atoms in total. The first-order valence-electron chi connectivity index (χ1n) is 10.8. The zero-order valence-corrected chi connectivity index (χ0v) is 18.6. The predicted molar refractivity (Wildman–Crippen MR) is 122 cm³/mol. The monoisotopic (exact) mass is 433 g/mol. The molecule has 1 fully saturated rings. The summed E-state index contributed by atoms with van der Waals surface area (Å²) < 4.78 is 7.39. The van der Waals surface area contributed by atoms with Crippen LogP contribution in [0.25, 0.3) is 11.0 Å². The van der Waals surface area contributed by atoms with E-state index < -0.39 is 0 Å². The summed E-state index contributed by atoms with van der Waals surface area (Å²) in [6.45, 7) is 3.47. The van der Waals surface area contributed by atoms with Crippen molar-refractivity contribution in [1.82, 2.24) is 24.4 Å².